The Hall–Kier alpha value is -0.610. The minimum Gasteiger partial charge on any atom is -0.387 e. The number of likely N-dealkylation sites (tertiary alicyclic amines) is 1. The van der Waals surface area contributed by atoms with Crippen molar-refractivity contribution in [3.05, 3.63) is 0 Å². The lowest BCUT2D eigenvalue weighted by atomic mass is 9.91. The van der Waals surface area contributed by atoms with Gasteiger partial charge >= 0.3 is 0 Å². The van der Waals surface area contributed by atoms with Crippen LogP contribution in [0, 0.1) is 0 Å². The van der Waals surface area contributed by atoms with Gasteiger partial charge in [0.1, 0.15) is 0 Å². The predicted molar refractivity (Wildman–Crippen MR) is 50.4 cm³/mol. The molecule has 1 heterocycles. The number of hydrogen-bond donors (Lipinski definition) is 2. The molecule has 4 nitrogen and oxygen atoms in total. The lowest BCUT2D eigenvalue weighted by molar-refractivity contribution is -0.125. The number of carbonyl (C=O) groups excluding carboxylic acids is 1. The molecule has 4 heteroatoms. The molecule has 0 unspecified atom stereocenters. The fourth-order valence-corrected chi connectivity index (χ4v) is 1.55. The van der Waals surface area contributed by atoms with Crippen LogP contribution in [0.3, 0.4) is 0 Å². The number of amides is 1. The van der Waals surface area contributed by atoms with Crippen LogP contribution in [0.5, 0.6) is 0 Å². The van der Waals surface area contributed by atoms with E-state index in [1.165, 1.54) is 0 Å². The highest BCUT2D eigenvalue weighted by atomic mass is 16.3. The third-order valence-corrected chi connectivity index (χ3v) is 2.63. The molecule has 0 aromatic rings. The lowest BCUT2D eigenvalue weighted by Gasteiger charge is -2.46. The van der Waals surface area contributed by atoms with E-state index in [0.717, 1.165) is 13.0 Å². The average Bonchev–Trinajstić information content (AvgIpc) is 2.09. The third-order valence-electron chi connectivity index (χ3n) is 2.63. The second kappa shape index (κ2) is 4.07. The summed E-state index contributed by atoms with van der Waals surface area (Å²) < 4.78 is 0. The van der Waals surface area contributed by atoms with Crippen LogP contribution >= 0.6 is 0 Å². The van der Waals surface area contributed by atoms with Crippen LogP contribution in [0.15, 0.2) is 0 Å². The molecule has 1 saturated heterocycles. The number of nitrogens with one attached hydrogen (secondary N) is 1. The van der Waals surface area contributed by atoms with Gasteiger partial charge in [-0.1, -0.05) is 6.92 Å². The van der Waals surface area contributed by atoms with Gasteiger partial charge in [-0.25, -0.2) is 0 Å². The second-order valence-corrected chi connectivity index (χ2v) is 3.71. The molecule has 0 aromatic carbocycles. The van der Waals surface area contributed by atoms with E-state index in [1.54, 1.807) is 7.05 Å². The van der Waals surface area contributed by atoms with E-state index in [2.05, 4.69) is 10.2 Å². The van der Waals surface area contributed by atoms with E-state index in [9.17, 15) is 9.90 Å². The first-order valence-electron chi connectivity index (χ1n) is 4.75. The van der Waals surface area contributed by atoms with Crippen molar-refractivity contribution >= 4 is 5.91 Å². The Morgan fingerprint density at radius 2 is 2.23 bits per heavy atom. The SMILES string of the molecule is CCC1(O)CN(CCC(=O)NC)C1. The summed E-state index contributed by atoms with van der Waals surface area (Å²) in [7, 11) is 1.64. The molecule has 1 fully saturated rings. The van der Waals surface area contributed by atoms with E-state index in [-0.39, 0.29) is 5.91 Å². The molecule has 0 bridgehead atoms. The van der Waals surface area contributed by atoms with Gasteiger partial charge in [0.2, 0.25) is 5.91 Å². The average molecular weight is 186 g/mol. The van der Waals surface area contributed by atoms with Crippen molar-refractivity contribution < 1.29 is 9.90 Å². The summed E-state index contributed by atoms with van der Waals surface area (Å²) in [6.45, 7) is 4.15. The van der Waals surface area contributed by atoms with Gasteiger partial charge in [-0.15, -0.1) is 0 Å². The zero-order valence-corrected chi connectivity index (χ0v) is 8.34. The van der Waals surface area contributed by atoms with Crippen molar-refractivity contribution in [2.45, 2.75) is 25.4 Å². The molecule has 1 amide bonds. The summed E-state index contributed by atoms with van der Waals surface area (Å²) in [4.78, 5) is 13.0. The molecule has 1 rings (SSSR count). The van der Waals surface area contributed by atoms with Crippen LogP contribution in [-0.4, -0.2) is 48.2 Å². The number of β-amino-alcohol motifs (C(OH)–C–C–N with tert-alkyl or cyclic N) is 1. The normalized spacial score (nSPS) is 20.8. The van der Waals surface area contributed by atoms with Crippen LogP contribution < -0.4 is 5.32 Å². The van der Waals surface area contributed by atoms with Gasteiger partial charge < -0.3 is 10.4 Å². The van der Waals surface area contributed by atoms with E-state index >= 15 is 0 Å². The standard InChI is InChI=1S/C9H18N2O2/c1-3-9(13)6-11(7-9)5-4-8(12)10-2/h13H,3-7H2,1-2H3,(H,10,12). The zero-order chi connectivity index (χ0) is 9.90. The highest BCUT2D eigenvalue weighted by molar-refractivity contribution is 5.75. The van der Waals surface area contributed by atoms with E-state index in [0.29, 0.717) is 19.5 Å². The van der Waals surface area contributed by atoms with Crippen molar-refractivity contribution in [3.8, 4) is 0 Å². The second-order valence-electron chi connectivity index (χ2n) is 3.71. The number of hydrogen-bond acceptors (Lipinski definition) is 3. The van der Waals surface area contributed by atoms with Gasteiger partial charge in [0.25, 0.3) is 0 Å². The van der Waals surface area contributed by atoms with Gasteiger partial charge in [-0.2, -0.15) is 0 Å². The van der Waals surface area contributed by atoms with Gasteiger partial charge in [-0.3, -0.25) is 9.69 Å². The minimum absolute atomic E-state index is 0.0620. The molecule has 0 saturated carbocycles. The van der Waals surface area contributed by atoms with Crippen molar-refractivity contribution in [3.63, 3.8) is 0 Å². The molecule has 1 aliphatic heterocycles. The summed E-state index contributed by atoms with van der Waals surface area (Å²) in [5.74, 6) is 0.0620. The number of rotatable bonds is 4. The maximum absolute atomic E-state index is 10.9. The minimum atomic E-state index is -0.483. The molecular formula is C9H18N2O2. The van der Waals surface area contributed by atoms with Gasteiger partial charge in [0, 0.05) is 33.1 Å². The molecular weight excluding hydrogens is 168 g/mol. The van der Waals surface area contributed by atoms with Crippen LogP contribution in [0.2, 0.25) is 0 Å². The third kappa shape index (κ3) is 2.67. The highest BCUT2D eigenvalue weighted by Crippen LogP contribution is 2.23. The Kier molecular flexibility index (Phi) is 3.27. The first kappa shape index (κ1) is 10.5. The first-order valence-corrected chi connectivity index (χ1v) is 4.75. The fraction of sp³-hybridized carbons (Fsp3) is 0.889. The van der Waals surface area contributed by atoms with E-state index < -0.39 is 5.60 Å². The monoisotopic (exact) mass is 186 g/mol. The van der Waals surface area contributed by atoms with Crippen molar-refractivity contribution in [2.75, 3.05) is 26.7 Å². The van der Waals surface area contributed by atoms with Gasteiger partial charge in [0.05, 0.1) is 5.60 Å². The van der Waals surface area contributed by atoms with Crippen molar-refractivity contribution in [1.82, 2.24) is 10.2 Å². The van der Waals surface area contributed by atoms with Crippen LogP contribution in [0.25, 0.3) is 0 Å². The molecule has 13 heavy (non-hydrogen) atoms. The Labute approximate surface area is 78.9 Å². The smallest absolute Gasteiger partial charge is 0.221 e. The Balaban J connectivity index is 2.11. The molecule has 76 valence electrons. The number of aliphatic hydroxyl groups is 1. The quantitative estimate of drug-likeness (QED) is 0.627. The van der Waals surface area contributed by atoms with Crippen LogP contribution in [-0.2, 0) is 4.79 Å². The zero-order valence-electron chi connectivity index (χ0n) is 8.34. The Morgan fingerprint density at radius 3 is 2.69 bits per heavy atom. The topological polar surface area (TPSA) is 52.6 Å². The number of nitrogens with zero attached hydrogens (tertiary/aromatic N) is 1. The predicted octanol–water partition coefficient (Wildman–Crippen LogP) is -0.421. The lowest BCUT2D eigenvalue weighted by Crippen LogP contribution is -2.61. The summed E-state index contributed by atoms with van der Waals surface area (Å²) >= 11 is 0. The molecule has 0 spiro atoms. The first-order chi connectivity index (χ1) is 6.09. The Morgan fingerprint density at radius 1 is 1.62 bits per heavy atom. The fourth-order valence-electron chi connectivity index (χ4n) is 1.55. The molecule has 1 aliphatic rings. The molecule has 0 radical (unpaired) electrons. The van der Waals surface area contributed by atoms with Crippen molar-refractivity contribution in [1.29, 1.82) is 0 Å². The number of carbonyl (C=O) groups is 1. The van der Waals surface area contributed by atoms with Crippen LogP contribution in [0.4, 0.5) is 0 Å². The maximum atomic E-state index is 10.9. The van der Waals surface area contributed by atoms with E-state index in [1.807, 2.05) is 6.92 Å². The molecule has 0 aliphatic carbocycles. The molecule has 0 atom stereocenters. The van der Waals surface area contributed by atoms with E-state index in [4.69, 9.17) is 0 Å². The highest BCUT2D eigenvalue weighted by Gasteiger charge is 2.38. The summed E-state index contributed by atoms with van der Waals surface area (Å²) in [5, 5.41) is 12.2. The van der Waals surface area contributed by atoms with Gasteiger partial charge in [-0.05, 0) is 6.42 Å². The van der Waals surface area contributed by atoms with Crippen LogP contribution in [0.1, 0.15) is 19.8 Å². The largest absolute Gasteiger partial charge is 0.387 e. The summed E-state index contributed by atoms with van der Waals surface area (Å²) in [5.41, 5.74) is -0.483. The maximum Gasteiger partial charge on any atom is 0.221 e. The summed E-state index contributed by atoms with van der Waals surface area (Å²) in [6, 6.07) is 0. The molecule has 0 aromatic heterocycles. The van der Waals surface area contributed by atoms with Gasteiger partial charge in [0.15, 0.2) is 0 Å². The van der Waals surface area contributed by atoms with Crippen molar-refractivity contribution in [2.24, 2.45) is 0 Å². The molecule has 2 N–H and O–H groups in total. The Bertz CT molecular complexity index is 188. The summed E-state index contributed by atoms with van der Waals surface area (Å²) in [6.07, 6.45) is 1.32.